The maximum atomic E-state index is 12.9. The number of hydrogen-bond donors (Lipinski definition) is 3. The Hall–Kier alpha value is -3.15. The molecule has 186 valence electrons. The molecule has 0 radical (unpaired) electrons. The largest absolute Gasteiger partial charge is 0.388 e. The lowest BCUT2D eigenvalue weighted by Crippen LogP contribution is -2.49. The summed E-state index contributed by atoms with van der Waals surface area (Å²) in [7, 11) is 0. The number of nitrogens with zero attached hydrogens (tertiary/aromatic N) is 3. The van der Waals surface area contributed by atoms with Gasteiger partial charge in [0.15, 0.2) is 0 Å². The first-order valence-electron chi connectivity index (χ1n) is 12.5. The number of rotatable bonds is 7. The third-order valence-electron chi connectivity index (χ3n) is 7.33. The number of benzene rings is 1. The molecule has 1 aliphatic heterocycles. The van der Waals surface area contributed by atoms with Gasteiger partial charge in [0.05, 0.1) is 24.4 Å². The molecule has 0 spiro atoms. The van der Waals surface area contributed by atoms with Gasteiger partial charge in [-0.15, -0.1) is 6.42 Å². The zero-order valence-electron chi connectivity index (χ0n) is 20.1. The zero-order valence-corrected chi connectivity index (χ0v) is 20.1. The van der Waals surface area contributed by atoms with E-state index in [0.717, 1.165) is 31.2 Å². The van der Waals surface area contributed by atoms with Crippen LogP contribution in [0.1, 0.15) is 56.4 Å². The Morgan fingerprint density at radius 1 is 1.26 bits per heavy atom. The summed E-state index contributed by atoms with van der Waals surface area (Å²) in [6, 6.07) is 11.3. The van der Waals surface area contributed by atoms with Crippen LogP contribution in [0.15, 0.2) is 47.5 Å². The Morgan fingerprint density at radius 3 is 2.63 bits per heavy atom. The standard InChI is InChI=1S/C27H35N5O3/c1-2-20(21-8-4-3-5-9-21)16-25(33)31-14-12-27(35,13-15-31)18-32-19-29-24(17-26(32)34)30-23-11-7-6-10-22(23)28/h1,3-5,8-9,17,19-20,22-23,30,35H,6-7,10-16,18,28H2/t20-,22-,23?/m1/s1. The predicted octanol–water partition coefficient (Wildman–Crippen LogP) is 2.09. The average Bonchev–Trinajstić information content (AvgIpc) is 2.86. The number of aromatic nitrogens is 2. The van der Waals surface area contributed by atoms with E-state index in [-0.39, 0.29) is 42.4 Å². The molecule has 2 aromatic rings. The molecule has 4 rings (SSSR count). The number of terminal acetylenes is 1. The summed E-state index contributed by atoms with van der Waals surface area (Å²) in [4.78, 5) is 31.7. The summed E-state index contributed by atoms with van der Waals surface area (Å²) in [5.41, 5.74) is 5.84. The molecule has 3 atom stereocenters. The van der Waals surface area contributed by atoms with Crippen LogP contribution in [0.5, 0.6) is 0 Å². The van der Waals surface area contributed by atoms with E-state index in [0.29, 0.717) is 31.7 Å². The third-order valence-corrected chi connectivity index (χ3v) is 7.33. The molecule has 1 saturated carbocycles. The van der Waals surface area contributed by atoms with Crippen molar-refractivity contribution in [1.82, 2.24) is 14.5 Å². The summed E-state index contributed by atoms with van der Waals surface area (Å²) in [6.07, 6.45) is 12.4. The van der Waals surface area contributed by atoms with Gasteiger partial charge in [-0.05, 0) is 31.2 Å². The van der Waals surface area contributed by atoms with Crippen LogP contribution in [0.4, 0.5) is 5.82 Å². The molecule has 1 aliphatic carbocycles. The topological polar surface area (TPSA) is 113 Å². The Labute approximate surface area is 206 Å². The van der Waals surface area contributed by atoms with Gasteiger partial charge in [0.25, 0.3) is 5.56 Å². The summed E-state index contributed by atoms with van der Waals surface area (Å²) >= 11 is 0. The van der Waals surface area contributed by atoms with Crippen LogP contribution < -0.4 is 16.6 Å². The maximum Gasteiger partial charge on any atom is 0.255 e. The van der Waals surface area contributed by atoms with Crippen molar-refractivity contribution < 1.29 is 9.90 Å². The highest BCUT2D eigenvalue weighted by Gasteiger charge is 2.35. The minimum atomic E-state index is -1.08. The van der Waals surface area contributed by atoms with Crippen molar-refractivity contribution in [3.05, 3.63) is 58.6 Å². The molecule has 8 heteroatoms. The van der Waals surface area contributed by atoms with Gasteiger partial charge < -0.3 is 21.1 Å². The van der Waals surface area contributed by atoms with Crippen LogP contribution in [0.3, 0.4) is 0 Å². The van der Waals surface area contributed by atoms with Crippen LogP contribution in [-0.2, 0) is 11.3 Å². The van der Waals surface area contributed by atoms with Crippen LogP contribution in [0.25, 0.3) is 0 Å². The van der Waals surface area contributed by atoms with Gasteiger partial charge in [0, 0.05) is 37.7 Å². The second-order valence-corrected chi connectivity index (χ2v) is 9.88. The van der Waals surface area contributed by atoms with Gasteiger partial charge >= 0.3 is 0 Å². The van der Waals surface area contributed by atoms with Gasteiger partial charge in [0.1, 0.15) is 5.82 Å². The molecule has 0 bridgehead atoms. The lowest BCUT2D eigenvalue weighted by Gasteiger charge is -2.38. The molecule has 2 fully saturated rings. The van der Waals surface area contributed by atoms with Crippen molar-refractivity contribution in [3.8, 4) is 12.3 Å². The molecule has 1 unspecified atom stereocenters. The number of anilines is 1. The van der Waals surface area contributed by atoms with E-state index in [1.165, 1.54) is 17.0 Å². The van der Waals surface area contributed by atoms with Crippen molar-refractivity contribution in [2.24, 2.45) is 5.73 Å². The van der Waals surface area contributed by atoms with Gasteiger partial charge in [-0.1, -0.05) is 49.1 Å². The van der Waals surface area contributed by atoms with Crippen LogP contribution >= 0.6 is 0 Å². The predicted molar refractivity (Wildman–Crippen MR) is 136 cm³/mol. The Bertz CT molecular complexity index is 1100. The van der Waals surface area contributed by atoms with Gasteiger partial charge in [0.2, 0.25) is 5.91 Å². The van der Waals surface area contributed by atoms with E-state index in [1.807, 2.05) is 30.3 Å². The number of hydrogen-bond acceptors (Lipinski definition) is 6. The number of piperidine rings is 1. The zero-order chi connectivity index (χ0) is 24.8. The molecule has 35 heavy (non-hydrogen) atoms. The number of amides is 1. The summed E-state index contributed by atoms with van der Waals surface area (Å²) in [6.45, 7) is 0.979. The SMILES string of the molecule is C#C[C@H](CC(=O)N1CCC(O)(Cn2cnc(NC3CCCC[C@H]3N)cc2=O)CC1)c1ccccc1. The highest BCUT2D eigenvalue weighted by atomic mass is 16.3. The summed E-state index contributed by atoms with van der Waals surface area (Å²) in [5, 5.41) is 14.4. The van der Waals surface area contributed by atoms with Crippen molar-refractivity contribution in [3.63, 3.8) is 0 Å². The van der Waals surface area contributed by atoms with Gasteiger partial charge in [-0.25, -0.2) is 4.98 Å². The molecule has 1 amide bonds. The molecule has 1 aromatic heterocycles. The highest BCUT2D eigenvalue weighted by molar-refractivity contribution is 5.77. The number of aliphatic hydroxyl groups is 1. The molecular formula is C27H35N5O3. The van der Waals surface area contributed by atoms with Crippen molar-refractivity contribution in [2.45, 2.75) is 75.1 Å². The molecule has 1 saturated heterocycles. The first-order chi connectivity index (χ1) is 16.9. The van der Waals surface area contributed by atoms with Crippen LogP contribution in [0.2, 0.25) is 0 Å². The van der Waals surface area contributed by atoms with E-state index in [4.69, 9.17) is 12.2 Å². The third kappa shape index (κ3) is 6.30. The van der Waals surface area contributed by atoms with Crippen molar-refractivity contribution >= 4 is 11.7 Å². The number of nitrogens with one attached hydrogen (secondary N) is 1. The Balaban J connectivity index is 1.31. The second-order valence-electron chi connectivity index (χ2n) is 9.88. The van der Waals surface area contributed by atoms with E-state index >= 15 is 0 Å². The maximum absolute atomic E-state index is 12.9. The number of carbonyl (C=O) groups is 1. The van der Waals surface area contributed by atoms with Crippen LogP contribution in [0, 0.1) is 12.3 Å². The molecule has 8 nitrogen and oxygen atoms in total. The number of nitrogens with two attached hydrogens (primary N) is 1. The normalized spacial score (nSPS) is 22.7. The summed E-state index contributed by atoms with van der Waals surface area (Å²) in [5.74, 6) is 2.95. The average molecular weight is 478 g/mol. The molecule has 2 heterocycles. The lowest BCUT2D eigenvalue weighted by atomic mass is 9.90. The quantitative estimate of drug-likeness (QED) is 0.526. The minimum absolute atomic E-state index is 0.0194. The Kier molecular flexibility index (Phi) is 7.89. The van der Waals surface area contributed by atoms with Crippen LogP contribution in [-0.4, -0.2) is 56.2 Å². The first-order valence-corrected chi connectivity index (χ1v) is 12.5. The first kappa shape index (κ1) is 25.0. The van der Waals surface area contributed by atoms with E-state index in [1.54, 1.807) is 4.90 Å². The Morgan fingerprint density at radius 2 is 1.97 bits per heavy atom. The van der Waals surface area contributed by atoms with Crippen molar-refractivity contribution in [2.75, 3.05) is 18.4 Å². The van der Waals surface area contributed by atoms with E-state index in [2.05, 4.69) is 16.2 Å². The molecule has 2 aliphatic rings. The second kappa shape index (κ2) is 11.1. The summed E-state index contributed by atoms with van der Waals surface area (Å²) < 4.78 is 1.44. The van der Waals surface area contributed by atoms with E-state index in [9.17, 15) is 14.7 Å². The molecular weight excluding hydrogens is 442 g/mol. The fraction of sp³-hybridized carbons (Fsp3) is 0.519. The van der Waals surface area contributed by atoms with Crippen molar-refractivity contribution in [1.29, 1.82) is 0 Å². The smallest absolute Gasteiger partial charge is 0.255 e. The number of carbonyl (C=O) groups excluding carboxylic acids is 1. The number of likely N-dealkylation sites (tertiary alicyclic amines) is 1. The van der Waals surface area contributed by atoms with E-state index < -0.39 is 5.60 Å². The molecule has 1 aromatic carbocycles. The highest BCUT2D eigenvalue weighted by Crippen LogP contribution is 2.26. The fourth-order valence-electron chi connectivity index (χ4n) is 5.06. The molecule has 4 N–H and O–H groups in total. The minimum Gasteiger partial charge on any atom is -0.388 e. The van der Waals surface area contributed by atoms with Gasteiger partial charge in [-0.3, -0.25) is 14.2 Å². The monoisotopic (exact) mass is 477 g/mol. The fourth-order valence-corrected chi connectivity index (χ4v) is 5.06. The van der Waals surface area contributed by atoms with Gasteiger partial charge in [-0.2, -0.15) is 0 Å². The lowest BCUT2D eigenvalue weighted by molar-refractivity contribution is -0.136.